The van der Waals surface area contributed by atoms with Crippen LogP contribution in [0.15, 0.2) is 47.1 Å². The minimum atomic E-state index is -1.63. The van der Waals surface area contributed by atoms with Crippen LogP contribution >= 0.6 is 15.9 Å². The second kappa shape index (κ2) is 11.5. The summed E-state index contributed by atoms with van der Waals surface area (Å²) in [7, 11) is 1.30. The summed E-state index contributed by atoms with van der Waals surface area (Å²) in [6.07, 6.45) is -3.68. The lowest BCUT2D eigenvalue weighted by Crippen LogP contribution is -2.64. The molecule has 1 saturated carbocycles. The molecule has 5 rings (SSSR count). The zero-order valence-electron chi connectivity index (χ0n) is 21.1. The predicted octanol–water partition coefficient (Wildman–Crippen LogP) is 2.36. The van der Waals surface area contributed by atoms with Gasteiger partial charge in [0.15, 0.2) is 23.6 Å². The molecule has 2 fully saturated rings. The predicted molar refractivity (Wildman–Crippen MR) is 138 cm³/mol. The summed E-state index contributed by atoms with van der Waals surface area (Å²) in [4.78, 5) is 15.5. The third-order valence-electron chi connectivity index (χ3n) is 7.34. The van der Waals surface area contributed by atoms with Gasteiger partial charge in [-0.25, -0.2) is 17.9 Å². The molecule has 0 bridgehead atoms. The van der Waals surface area contributed by atoms with E-state index in [0.29, 0.717) is 23.0 Å². The number of carbonyl (C=O) groups is 1. The van der Waals surface area contributed by atoms with Crippen LogP contribution in [0.3, 0.4) is 0 Å². The molecule has 0 unspecified atom stereocenters. The molecule has 2 heterocycles. The lowest BCUT2D eigenvalue weighted by Gasteiger charge is -2.47. The van der Waals surface area contributed by atoms with Crippen molar-refractivity contribution in [1.29, 1.82) is 0 Å². The summed E-state index contributed by atoms with van der Waals surface area (Å²) < 4.78 is 54.5. The molecule has 0 spiro atoms. The van der Waals surface area contributed by atoms with Gasteiger partial charge in [-0.1, -0.05) is 27.2 Å². The highest BCUT2D eigenvalue weighted by molar-refractivity contribution is 9.10. The fourth-order valence-electron chi connectivity index (χ4n) is 5.13. The van der Waals surface area contributed by atoms with Crippen LogP contribution in [0, 0.1) is 17.5 Å². The van der Waals surface area contributed by atoms with Crippen molar-refractivity contribution < 1.29 is 42.8 Å². The number of anilines is 1. The first-order valence-corrected chi connectivity index (χ1v) is 13.2. The van der Waals surface area contributed by atoms with Gasteiger partial charge < -0.3 is 29.7 Å². The molecule has 2 aliphatic rings. The van der Waals surface area contributed by atoms with E-state index in [4.69, 9.17) is 9.47 Å². The van der Waals surface area contributed by atoms with Crippen LogP contribution < -0.4 is 4.90 Å². The normalized spacial score (nSPS) is 28.2. The fourth-order valence-corrected chi connectivity index (χ4v) is 5.52. The van der Waals surface area contributed by atoms with E-state index in [1.807, 2.05) is 0 Å². The Bertz CT molecular complexity index is 1370. The first-order chi connectivity index (χ1) is 19.1. The SMILES string of the molecule is CO[C@@H]1[C@@H](n2cc(-c3cc(F)c(F)c(F)c3)nn2)[C@@H](O)[C@@H](CO)O[C@H]1C(=O)N(c1cccc(Br)c1)[C@H]1CC[C@@H]1O. The van der Waals surface area contributed by atoms with Crippen molar-refractivity contribution in [2.75, 3.05) is 18.6 Å². The van der Waals surface area contributed by atoms with Crippen molar-refractivity contribution in [3.63, 3.8) is 0 Å². The minimum Gasteiger partial charge on any atom is -0.394 e. The Balaban J connectivity index is 1.52. The first-order valence-electron chi connectivity index (χ1n) is 12.4. The molecule has 3 N–H and O–H groups in total. The van der Waals surface area contributed by atoms with Gasteiger partial charge in [-0.3, -0.25) is 4.79 Å². The summed E-state index contributed by atoms with van der Waals surface area (Å²) in [5.41, 5.74) is 0.348. The Labute approximate surface area is 235 Å². The number of aliphatic hydroxyl groups is 3. The molecule has 1 amide bonds. The van der Waals surface area contributed by atoms with Gasteiger partial charge in [0.25, 0.3) is 5.91 Å². The maximum Gasteiger partial charge on any atom is 0.259 e. The van der Waals surface area contributed by atoms with Crippen LogP contribution in [0.4, 0.5) is 18.9 Å². The molecule has 0 radical (unpaired) electrons. The third-order valence-corrected chi connectivity index (χ3v) is 7.83. The van der Waals surface area contributed by atoms with E-state index in [1.54, 1.807) is 24.3 Å². The lowest BCUT2D eigenvalue weighted by atomic mass is 9.85. The standard InChI is InChI=1S/C26H26BrF3N4O6/c1-39-24-22(33-10-17(31-32-33)12-7-15(28)21(30)16(29)8-12)23(37)20(11-35)40-25(24)26(38)34(18-5-6-19(18)36)14-4-2-3-13(27)9-14/h2-4,7-10,18-20,22-25,35-37H,5-6,11H2,1H3/t18-,19-,20+,22-,23-,24+,25+/m0/s1. The van der Waals surface area contributed by atoms with Gasteiger partial charge in [0.1, 0.15) is 30.0 Å². The molecule has 7 atom stereocenters. The van der Waals surface area contributed by atoms with E-state index in [0.717, 1.165) is 16.8 Å². The summed E-state index contributed by atoms with van der Waals surface area (Å²) in [6, 6.07) is 6.77. The Hall–Kier alpha value is -2.88. The third kappa shape index (κ3) is 5.15. The number of rotatable bonds is 7. The van der Waals surface area contributed by atoms with Gasteiger partial charge in [-0.15, -0.1) is 5.10 Å². The highest BCUT2D eigenvalue weighted by Gasteiger charge is 2.52. The number of aromatic nitrogens is 3. The number of ether oxygens (including phenoxy) is 2. The van der Waals surface area contributed by atoms with E-state index in [2.05, 4.69) is 26.2 Å². The fraction of sp³-hybridized carbons (Fsp3) is 0.423. The van der Waals surface area contributed by atoms with Crippen molar-refractivity contribution >= 4 is 27.5 Å². The molecule has 214 valence electrons. The molecule has 2 aromatic carbocycles. The maximum absolute atomic E-state index is 14.1. The Morgan fingerprint density at radius 2 is 1.93 bits per heavy atom. The van der Waals surface area contributed by atoms with Crippen LogP contribution in [0.5, 0.6) is 0 Å². The van der Waals surface area contributed by atoms with E-state index >= 15 is 0 Å². The lowest BCUT2D eigenvalue weighted by molar-refractivity contribution is -0.211. The second-order valence-electron chi connectivity index (χ2n) is 9.70. The van der Waals surface area contributed by atoms with Gasteiger partial charge in [0.05, 0.1) is 24.9 Å². The summed E-state index contributed by atoms with van der Waals surface area (Å²) >= 11 is 3.40. The maximum atomic E-state index is 14.1. The van der Waals surface area contributed by atoms with Gasteiger partial charge in [-0.2, -0.15) is 0 Å². The van der Waals surface area contributed by atoms with E-state index in [9.17, 15) is 33.3 Å². The zero-order valence-corrected chi connectivity index (χ0v) is 22.7. The summed E-state index contributed by atoms with van der Waals surface area (Å²) in [5.74, 6) is -5.04. The summed E-state index contributed by atoms with van der Waals surface area (Å²) in [5, 5.41) is 39.4. The van der Waals surface area contributed by atoms with Crippen LogP contribution in [-0.2, 0) is 14.3 Å². The van der Waals surface area contributed by atoms with Gasteiger partial charge >= 0.3 is 0 Å². The average Bonchev–Trinajstić information content (AvgIpc) is 3.42. The first kappa shape index (κ1) is 28.6. The van der Waals surface area contributed by atoms with E-state index in [1.165, 1.54) is 18.2 Å². The van der Waals surface area contributed by atoms with Gasteiger partial charge in [-0.05, 0) is 43.2 Å². The molecule has 40 heavy (non-hydrogen) atoms. The van der Waals surface area contributed by atoms with Crippen LogP contribution in [0.25, 0.3) is 11.3 Å². The largest absolute Gasteiger partial charge is 0.394 e. The average molecular weight is 627 g/mol. The van der Waals surface area contributed by atoms with Gasteiger partial charge in [0.2, 0.25) is 0 Å². The van der Waals surface area contributed by atoms with Crippen LogP contribution in [0.1, 0.15) is 18.9 Å². The van der Waals surface area contributed by atoms with E-state index < -0.39 is 72.6 Å². The molecule has 1 aliphatic heterocycles. The van der Waals surface area contributed by atoms with Crippen LogP contribution in [0.2, 0.25) is 0 Å². The molecule has 1 saturated heterocycles. The number of carbonyl (C=O) groups excluding carboxylic acids is 1. The number of hydrogen-bond acceptors (Lipinski definition) is 8. The molecule has 1 aromatic heterocycles. The molecule has 14 heteroatoms. The Kier molecular flexibility index (Phi) is 8.27. The molecule has 1 aliphatic carbocycles. The number of amides is 1. The van der Waals surface area contributed by atoms with Gasteiger partial charge in [0, 0.05) is 22.8 Å². The summed E-state index contributed by atoms with van der Waals surface area (Å²) in [6.45, 7) is -0.656. The van der Waals surface area contributed by atoms with E-state index in [-0.39, 0.29) is 11.3 Å². The smallest absolute Gasteiger partial charge is 0.259 e. The molecule has 10 nitrogen and oxygen atoms in total. The molecular formula is C26H26BrF3N4O6. The monoisotopic (exact) mass is 626 g/mol. The van der Waals surface area contributed by atoms with Crippen LogP contribution in [-0.4, -0.2) is 86.5 Å². The quantitative estimate of drug-likeness (QED) is 0.341. The molecule has 3 aromatic rings. The van der Waals surface area contributed by atoms with Crippen molar-refractivity contribution in [2.45, 2.75) is 55.4 Å². The second-order valence-corrected chi connectivity index (χ2v) is 10.6. The van der Waals surface area contributed by atoms with Crippen molar-refractivity contribution in [2.24, 2.45) is 0 Å². The number of methoxy groups -OCH3 is 1. The highest BCUT2D eigenvalue weighted by Crippen LogP contribution is 2.37. The number of halogens is 4. The number of nitrogens with zero attached hydrogens (tertiary/aromatic N) is 4. The number of hydrogen-bond donors (Lipinski definition) is 3. The highest BCUT2D eigenvalue weighted by atomic mass is 79.9. The number of aliphatic hydroxyl groups excluding tert-OH is 3. The Morgan fingerprint density at radius 3 is 2.50 bits per heavy atom. The topological polar surface area (TPSA) is 130 Å². The van der Waals surface area contributed by atoms with Crippen molar-refractivity contribution in [1.82, 2.24) is 15.0 Å². The minimum absolute atomic E-state index is 0.0388. The van der Waals surface area contributed by atoms with Crippen molar-refractivity contribution in [3.8, 4) is 11.3 Å². The van der Waals surface area contributed by atoms with Crippen molar-refractivity contribution in [3.05, 3.63) is 64.5 Å². The number of benzene rings is 2. The zero-order chi connectivity index (χ0) is 28.7. The Morgan fingerprint density at radius 1 is 1.20 bits per heavy atom. The molecular weight excluding hydrogens is 601 g/mol.